The summed E-state index contributed by atoms with van der Waals surface area (Å²) in [4.78, 5) is 9.73. The number of hydrogen-bond acceptors (Lipinski definition) is 3. The van der Waals surface area contributed by atoms with Crippen LogP contribution in [0.4, 0.5) is 0 Å². The number of halogens is 1. The standard InChI is InChI=1S/C23H36N4O.HI/c1-24-23(25-12-15-28-18-20-9-10-20)27-14-11-22-21(17-27)8-5-13-26(22)16-19-6-3-2-4-7-19;/h2-4,6-7,20-22H,5,8-18H2,1H3,(H,24,25);1H. The van der Waals surface area contributed by atoms with E-state index in [0.29, 0.717) is 6.04 Å². The Morgan fingerprint density at radius 2 is 1.97 bits per heavy atom. The number of fused-ring (bicyclic) bond motifs is 1. The van der Waals surface area contributed by atoms with Gasteiger partial charge < -0.3 is 15.0 Å². The fourth-order valence-electron chi connectivity index (χ4n) is 4.82. The van der Waals surface area contributed by atoms with E-state index in [0.717, 1.165) is 57.2 Å². The zero-order chi connectivity index (χ0) is 19.2. The number of guanidine groups is 1. The van der Waals surface area contributed by atoms with Crippen LogP contribution in [0.25, 0.3) is 0 Å². The largest absolute Gasteiger partial charge is 0.379 e. The maximum atomic E-state index is 5.75. The van der Waals surface area contributed by atoms with Crippen LogP contribution < -0.4 is 5.32 Å². The van der Waals surface area contributed by atoms with Crippen LogP contribution in [0.1, 0.15) is 37.7 Å². The molecule has 162 valence electrons. The van der Waals surface area contributed by atoms with Crippen LogP contribution in [0.3, 0.4) is 0 Å². The van der Waals surface area contributed by atoms with Crippen molar-refractivity contribution in [3.05, 3.63) is 35.9 Å². The molecule has 3 aliphatic rings. The molecule has 1 aromatic rings. The van der Waals surface area contributed by atoms with Gasteiger partial charge in [-0.3, -0.25) is 9.89 Å². The Balaban J connectivity index is 0.00000240. The molecule has 1 N–H and O–H groups in total. The van der Waals surface area contributed by atoms with Crippen LogP contribution in [0, 0.1) is 11.8 Å². The van der Waals surface area contributed by atoms with Crippen molar-refractivity contribution in [3.8, 4) is 0 Å². The van der Waals surface area contributed by atoms with Crippen LogP contribution in [0.15, 0.2) is 35.3 Å². The Bertz CT molecular complexity index is 637. The van der Waals surface area contributed by atoms with Crippen LogP contribution in [-0.2, 0) is 11.3 Å². The highest BCUT2D eigenvalue weighted by atomic mass is 127. The molecule has 0 radical (unpaired) electrons. The molecule has 2 unspecified atom stereocenters. The van der Waals surface area contributed by atoms with Crippen molar-refractivity contribution in [1.29, 1.82) is 0 Å². The van der Waals surface area contributed by atoms with Crippen molar-refractivity contribution < 1.29 is 4.74 Å². The minimum Gasteiger partial charge on any atom is -0.379 e. The Labute approximate surface area is 193 Å². The first-order valence-corrected chi connectivity index (χ1v) is 11.1. The number of rotatable bonds is 7. The van der Waals surface area contributed by atoms with Crippen LogP contribution in [0.2, 0.25) is 0 Å². The molecule has 2 aliphatic heterocycles. The maximum absolute atomic E-state index is 5.75. The second kappa shape index (κ2) is 11.5. The summed E-state index contributed by atoms with van der Waals surface area (Å²) >= 11 is 0. The molecule has 0 aromatic heterocycles. The summed E-state index contributed by atoms with van der Waals surface area (Å²) in [5, 5.41) is 3.52. The molecular formula is C23H37IN4O. The van der Waals surface area contributed by atoms with Gasteiger partial charge in [0.1, 0.15) is 0 Å². The smallest absolute Gasteiger partial charge is 0.193 e. The molecular weight excluding hydrogens is 475 g/mol. The lowest BCUT2D eigenvalue weighted by molar-refractivity contribution is 0.0370. The van der Waals surface area contributed by atoms with E-state index < -0.39 is 0 Å². The number of aliphatic imine (C=N–C) groups is 1. The third-order valence-corrected chi connectivity index (χ3v) is 6.50. The van der Waals surface area contributed by atoms with Gasteiger partial charge in [0.2, 0.25) is 0 Å². The molecule has 1 saturated carbocycles. The van der Waals surface area contributed by atoms with E-state index in [9.17, 15) is 0 Å². The van der Waals surface area contributed by atoms with Gasteiger partial charge in [0, 0.05) is 45.9 Å². The molecule has 29 heavy (non-hydrogen) atoms. The van der Waals surface area contributed by atoms with E-state index in [4.69, 9.17) is 4.74 Å². The lowest BCUT2D eigenvalue weighted by Gasteiger charge is -2.48. The number of nitrogens with zero attached hydrogens (tertiary/aromatic N) is 3. The molecule has 5 nitrogen and oxygen atoms in total. The predicted octanol–water partition coefficient (Wildman–Crippen LogP) is 3.59. The van der Waals surface area contributed by atoms with Crippen molar-refractivity contribution in [1.82, 2.24) is 15.1 Å². The second-order valence-electron chi connectivity index (χ2n) is 8.65. The van der Waals surface area contributed by atoms with Gasteiger partial charge in [0.05, 0.1) is 6.61 Å². The Kier molecular flexibility index (Phi) is 9.06. The van der Waals surface area contributed by atoms with E-state index in [2.05, 4.69) is 50.4 Å². The average Bonchev–Trinajstić information content (AvgIpc) is 3.56. The molecule has 0 amide bonds. The van der Waals surface area contributed by atoms with Gasteiger partial charge in [0.15, 0.2) is 5.96 Å². The van der Waals surface area contributed by atoms with Gasteiger partial charge in [-0.05, 0) is 56.0 Å². The minimum atomic E-state index is 0. The van der Waals surface area contributed by atoms with Crippen molar-refractivity contribution in [2.45, 2.75) is 44.7 Å². The Hall–Kier alpha value is -0.860. The van der Waals surface area contributed by atoms with E-state index in [1.54, 1.807) is 0 Å². The molecule has 1 aliphatic carbocycles. The predicted molar refractivity (Wildman–Crippen MR) is 130 cm³/mol. The summed E-state index contributed by atoms with van der Waals surface area (Å²) in [6.07, 6.45) is 6.59. The third-order valence-electron chi connectivity index (χ3n) is 6.50. The highest BCUT2D eigenvalue weighted by Crippen LogP contribution is 2.31. The molecule has 2 atom stereocenters. The number of likely N-dealkylation sites (tertiary alicyclic amines) is 2. The van der Waals surface area contributed by atoms with Gasteiger partial charge >= 0.3 is 0 Å². The van der Waals surface area contributed by atoms with Gasteiger partial charge in [0.25, 0.3) is 0 Å². The van der Waals surface area contributed by atoms with Crippen LogP contribution in [-0.4, -0.2) is 68.2 Å². The Morgan fingerprint density at radius 3 is 2.72 bits per heavy atom. The fraction of sp³-hybridized carbons (Fsp3) is 0.696. The number of ether oxygens (including phenoxy) is 1. The molecule has 2 heterocycles. The fourth-order valence-corrected chi connectivity index (χ4v) is 4.82. The summed E-state index contributed by atoms with van der Waals surface area (Å²) in [7, 11) is 1.90. The van der Waals surface area contributed by atoms with Gasteiger partial charge in [-0.15, -0.1) is 24.0 Å². The lowest BCUT2D eigenvalue weighted by Crippen LogP contribution is -2.56. The molecule has 0 spiro atoms. The van der Waals surface area contributed by atoms with Crippen molar-refractivity contribution in [3.63, 3.8) is 0 Å². The topological polar surface area (TPSA) is 40.1 Å². The van der Waals surface area contributed by atoms with Crippen LogP contribution >= 0.6 is 24.0 Å². The second-order valence-corrected chi connectivity index (χ2v) is 8.65. The molecule has 2 saturated heterocycles. The highest BCUT2D eigenvalue weighted by Gasteiger charge is 2.36. The quantitative estimate of drug-likeness (QED) is 0.263. The number of nitrogens with one attached hydrogen (secondary N) is 1. The first kappa shape index (κ1) is 22.8. The molecule has 1 aromatic carbocycles. The SMILES string of the molecule is CN=C(NCCOCC1CC1)N1CCC2C(CCCN2Cc2ccccc2)C1.I. The maximum Gasteiger partial charge on any atom is 0.193 e. The molecule has 3 fully saturated rings. The first-order chi connectivity index (χ1) is 13.8. The van der Waals surface area contributed by atoms with Crippen molar-refractivity contribution in [2.24, 2.45) is 16.8 Å². The summed E-state index contributed by atoms with van der Waals surface area (Å²) in [5.41, 5.74) is 1.44. The lowest BCUT2D eigenvalue weighted by atomic mass is 9.83. The third kappa shape index (κ3) is 6.56. The summed E-state index contributed by atoms with van der Waals surface area (Å²) in [5.74, 6) is 2.63. The normalized spacial score (nSPS) is 25.3. The minimum absolute atomic E-state index is 0. The van der Waals surface area contributed by atoms with Gasteiger partial charge in [-0.25, -0.2) is 0 Å². The van der Waals surface area contributed by atoms with Gasteiger partial charge in [-0.2, -0.15) is 0 Å². The average molecular weight is 512 g/mol. The van der Waals surface area contributed by atoms with E-state index in [-0.39, 0.29) is 24.0 Å². The summed E-state index contributed by atoms with van der Waals surface area (Å²) < 4.78 is 5.75. The number of benzene rings is 1. The summed E-state index contributed by atoms with van der Waals surface area (Å²) in [6, 6.07) is 11.7. The van der Waals surface area contributed by atoms with E-state index >= 15 is 0 Å². The number of piperidine rings is 2. The first-order valence-electron chi connectivity index (χ1n) is 11.1. The van der Waals surface area contributed by atoms with Crippen LogP contribution in [0.5, 0.6) is 0 Å². The zero-order valence-electron chi connectivity index (χ0n) is 17.8. The van der Waals surface area contributed by atoms with Gasteiger partial charge in [-0.1, -0.05) is 30.3 Å². The summed E-state index contributed by atoms with van der Waals surface area (Å²) in [6.45, 7) is 7.11. The molecule has 0 bridgehead atoms. The van der Waals surface area contributed by atoms with Crippen molar-refractivity contribution >= 4 is 29.9 Å². The molecule has 4 rings (SSSR count). The van der Waals surface area contributed by atoms with Crippen molar-refractivity contribution in [2.75, 3.05) is 46.4 Å². The van der Waals surface area contributed by atoms with E-state index in [1.807, 2.05) is 7.05 Å². The zero-order valence-corrected chi connectivity index (χ0v) is 20.1. The van der Waals surface area contributed by atoms with E-state index in [1.165, 1.54) is 44.2 Å². The number of hydrogen-bond donors (Lipinski definition) is 1. The highest BCUT2D eigenvalue weighted by molar-refractivity contribution is 14.0. The molecule has 6 heteroatoms. The monoisotopic (exact) mass is 512 g/mol. The Morgan fingerprint density at radius 1 is 1.14 bits per heavy atom.